The molecule has 0 radical (unpaired) electrons. The van der Waals surface area contributed by atoms with Crippen molar-refractivity contribution in [2.24, 2.45) is 0 Å². The maximum absolute atomic E-state index is 12.1. The predicted molar refractivity (Wildman–Crippen MR) is 172 cm³/mol. The molecule has 2 aromatic carbocycles. The fourth-order valence-electron chi connectivity index (χ4n) is 4.94. The van der Waals surface area contributed by atoms with Crippen LogP contribution < -0.4 is 9.47 Å². The molecule has 0 atom stereocenters. The summed E-state index contributed by atoms with van der Waals surface area (Å²) in [5.41, 5.74) is 5.36. The van der Waals surface area contributed by atoms with Gasteiger partial charge in [0.05, 0.1) is 32.0 Å². The Kier molecular flexibility index (Phi) is 14.7. The van der Waals surface area contributed by atoms with Crippen molar-refractivity contribution < 1.29 is 38.4 Å². The number of benzene rings is 2. The number of rotatable bonds is 20. The maximum Gasteiger partial charge on any atom is 0.335 e. The van der Waals surface area contributed by atoms with Gasteiger partial charge in [-0.3, -0.25) is 9.59 Å². The van der Waals surface area contributed by atoms with E-state index < -0.39 is 5.97 Å². The zero-order valence-corrected chi connectivity index (χ0v) is 26.8. The minimum absolute atomic E-state index is 0.215. The maximum atomic E-state index is 12.1. The SMILES string of the molecule is CCOC(=O)CCCOc1cccc(CCCCCCOc2cc(C(=O)O)cc(-c3cscc3C)c2)c1CCC(=O)OCC. The Morgan fingerprint density at radius 1 is 0.795 bits per heavy atom. The van der Waals surface area contributed by atoms with Gasteiger partial charge in [0.2, 0.25) is 0 Å². The highest BCUT2D eigenvalue weighted by atomic mass is 32.1. The average molecular weight is 625 g/mol. The summed E-state index contributed by atoms with van der Waals surface area (Å²) in [5.74, 6) is -0.135. The molecule has 0 spiro atoms. The van der Waals surface area contributed by atoms with Gasteiger partial charge >= 0.3 is 17.9 Å². The second kappa shape index (κ2) is 18.7. The predicted octanol–water partition coefficient (Wildman–Crippen LogP) is 7.82. The van der Waals surface area contributed by atoms with Crippen LogP contribution in [-0.4, -0.2) is 49.4 Å². The molecule has 0 saturated heterocycles. The molecule has 0 amide bonds. The molecular weight excluding hydrogens is 580 g/mol. The van der Waals surface area contributed by atoms with E-state index in [2.05, 4.69) is 6.07 Å². The van der Waals surface area contributed by atoms with Crippen molar-refractivity contribution in [2.75, 3.05) is 26.4 Å². The largest absolute Gasteiger partial charge is 0.494 e. The standard InChI is InChI=1S/C35H44O8S/c1-4-40-33(36)15-11-19-43-32-14-10-13-26(30(32)16-17-34(37)41-5-2)12-8-6-7-9-18-42-29-21-27(20-28(22-29)35(38)39)31-24-44-23-25(31)3/h10,13-14,20-24H,4-9,11-12,15-19H2,1-3H3,(H,38,39). The molecular formula is C35H44O8S. The van der Waals surface area contributed by atoms with Crippen LogP contribution in [0.15, 0.2) is 47.2 Å². The molecule has 0 aliphatic rings. The van der Waals surface area contributed by atoms with Crippen molar-refractivity contribution >= 4 is 29.2 Å². The van der Waals surface area contributed by atoms with Crippen molar-refractivity contribution in [3.8, 4) is 22.6 Å². The molecule has 9 heteroatoms. The molecule has 44 heavy (non-hydrogen) atoms. The number of carbonyl (C=O) groups is 3. The van der Waals surface area contributed by atoms with Gasteiger partial charge < -0.3 is 24.1 Å². The molecule has 0 aliphatic carbocycles. The van der Waals surface area contributed by atoms with Crippen LogP contribution >= 0.6 is 11.3 Å². The fraction of sp³-hybridized carbons (Fsp3) is 0.457. The number of hydrogen-bond donors (Lipinski definition) is 1. The van der Waals surface area contributed by atoms with Crippen molar-refractivity contribution in [3.63, 3.8) is 0 Å². The van der Waals surface area contributed by atoms with Crippen LogP contribution in [0.5, 0.6) is 11.5 Å². The average Bonchev–Trinajstić information content (AvgIpc) is 3.44. The van der Waals surface area contributed by atoms with Gasteiger partial charge in [-0.1, -0.05) is 25.0 Å². The van der Waals surface area contributed by atoms with Crippen LogP contribution in [0.2, 0.25) is 0 Å². The topological polar surface area (TPSA) is 108 Å². The van der Waals surface area contributed by atoms with Crippen molar-refractivity contribution in [1.29, 1.82) is 0 Å². The number of thiophene rings is 1. The van der Waals surface area contributed by atoms with E-state index in [-0.39, 0.29) is 23.9 Å². The molecule has 1 aromatic heterocycles. The summed E-state index contributed by atoms with van der Waals surface area (Å²) in [6.45, 7) is 7.20. The van der Waals surface area contributed by atoms with Gasteiger partial charge in [0.15, 0.2) is 0 Å². The molecule has 1 N–H and O–H groups in total. The minimum atomic E-state index is -0.975. The van der Waals surface area contributed by atoms with Crippen molar-refractivity contribution in [3.05, 3.63) is 69.4 Å². The van der Waals surface area contributed by atoms with E-state index in [4.69, 9.17) is 18.9 Å². The number of hydrogen-bond acceptors (Lipinski definition) is 8. The Bertz CT molecular complexity index is 1360. The summed E-state index contributed by atoms with van der Waals surface area (Å²) < 4.78 is 22.1. The third-order valence-electron chi connectivity index (χ3n) is 7.13. The van der Waals surface area contributed by atoms with E-state index in [0.717, 1.165) is 65.7 Å². The van der Waals surface area contributed by atoms with Gasteiger partial charge in [0, 0.05) is 12.8 Å². The summed E-state index contributed by atoms with van der Waals surface area (Å²) in [7, 11) is 0. The Morgan fingerprint density at radius 3 is 2.23 bits per heavy atom. The Hall–Kier alpha value is -3.85. The van der Waals surface area contributed by atoms with Gasteiger partial charge in [-0.25, -0.2) is 4.79 Å². The summed E-state index contributed by atoms with van der Waals surface area (Å²) >= 11 is 1.59. The molecule has 0 unspecified atom stereocenters. The number of esters is 2. The van der Waals surface area contributed by atoms with Crippen LogP contribution in [0.1, 0.15) is 85.8 Å². The Morgan fingerprint density at radius 2 is 1.52 bits per heavy atom. The van der Waals surface area contributed by atoms with Crippen LogP contribution in [-0.2, 0) is 31.9 Å². The number of carboxylic acids is 1. The van der Waals surface area contributed by atoms with Gasteiger partial charge in [-0.15, -0.1) is 0 Å². The van der Waals surface area contributed by atoms with E-state index in [1.165, 1.54) is 0 Å². The minimum Gasteiger partial charge on any atom is -0.494 e. The van der Waals surface area contributed by atoms with Gasteiger partial charge in [0.25, 0.3) is 0 Å². The highest BCUT2D eigenvalue weighted by Crippen LogP contribution is 2.31. The molecule has 0 saturated carbocycles. The van der Waals surface area contributed by atoms with Crippen LogP contribution in [0.4, 0.5) is 0 Å². The third-order valence-corrected chi connectivity index (χ3v) is 7.99. The van der Waals surface area contributed by atoms with E-state index in [9.17, 15) is 19.5 Å². The highest BCUT2D eigenvalue weighted by Gasteiger charge is 2.14. The first-order chi connectivity index (χ1) is 21.3. The summed E-state index contributed by atoms with van der Waals surface area (Å²) in [4.78, 5) is 35.4. The summed E-state index contributed by atoms with van der Waals surface area (Å²) in [5, 5.41) is 13.6. The quantitative estimate of drug-likeness (QED) is 0.100. The van der Waals surface area contributed by atoms with E-state index in [1.54, 1.807) is 37.3 Å². The van der Waals surface area contributed by atoms with Crippen LogP contribution in [0, 0.1) is 6.92 Å². The first-order valence-electron chi connectivity index (χ1n) is 15.4. The molecule has 0 fully saturated rings. The lowest BCUT2D eigenvalue weighted by Crippen LogP contribution is -2.10. The fourth-order valence-corrected chi connectivity index (χ4v) is 5.79. The molecule has 3 rings (SSSR count). The molecule has 3 aromatic rings. The Labute approximate surface area is 264 Å². The van der Waals surface area contributed by atoms with E-state index in [0.29, 0.717) is 51.4 Å². The van der Waals surface area contributed by atoms with Crippen LogP contribution in [0.25, 0.3) is 11.1 Å². The lowest BCUT2D eigenvalue weighted by molar-refractivity contribution is -0.144. The molecule has 0 bridgehead atoms. The number of unbranched alkanes of at least 4 members (excludes halogenated alkanes) is 3. The first-order valence-corrected chi connectivity index (χ1v) is 16.4. The molecule has 0 aliphatic heterocycles. The second-order valence-corrected chi connectivity index (χ2v) is 11.2. The van der Waals surface area contributed by atoms with Gasteiger partial charge in [-0.2, -0.15) is 11.3 Å². The third kappa shape index (κ3) is 11.3. The first kappa shape index (κ1) is 34.6. The zero-order valence-electron chi connectivity index (χ0n) is 26.0. The van der Waals surface area contributed by atoms with Gasteiger partial charge in [-0.05, 0) is 116 Å². The summed E-state index contributed by atoms with van der Waals surface area (Å²) in [6.07, 6.45) is 6.29. The monoisotopic (exact) mass is 624 g/mol. The van der Waals surface area contributed by atoms with E-state index >= 15 is 0 Å². The van der Waals surface area contributed by atoms with Gasteiger partial charge in [0.1, 0.15) is 11.5 Å². The molecule has 238 valence electrons. The molecule has 8 nitrogen and oxygen atoms in total. The number of aromatic carboxylic acids is 1. The number of carbonyl (C=O) groups excluding carboxylic acids is 2. The highest BCUT2D eigenvalue weighted by molar-refractivity contribution is 7.08. The zero-order chi connectivity index (χ0) is 31.7. The lowest BCUT2D eigenvalue weighted by Gasteiger charge is -2.16. The van der Waals surface area contributed by atoms with E-state index in [1.807, 2.05) is 35.9 Å². The normalized spacial score (nSPS) is 10.8. The number of carboxylic acid groups (broad SMARTS) is 1. The molecule has 1 heterocycles. The number of aryl methyl sites for hydroxylation is 2. The van der Waals surface area contributed by atoms with Crippen molar-refractivity contribution in [2.45, 2.75) is 78.6 Å². The summed E-state index contributed by atoms with van der Waals surface area (Å²) in [6, 6.07) is 11.1. The second-order valence-electron chi connectivity index (χ2n) is 10.5. The smallest absolute Gasteiger partial charge is 0.335 e. The number of ether oxygens (including phenoxy) is 4. The Balaban J connectivity index is 1.51. The van der Waals surface area contributed by atoms with Crippen LogP contribution in [0.3, 0.4) is 0 Å². The lowest BCUT2D eigenvalue weighted by atomic mass is 9.96. The van der Waals surface area contributed by atoms with Crippen molar-refractivity contribution in [1.82, 2.24) is 0 Å².